The summed E-state index contributed by atoms with van der Waals surface area (Å²) in [5.41, 5.74) is 3.87. The van der Waals surface area contributed by atoms with Crippen molar-refractivity contribution in [2.45, 2.75) is 39.2 Å². The van der Waals surface area contributed by atoms with Gasteiger partial charge in [-0.3, -0.25) is 9.78 Å². The summed E-state index contributed by atoms with van der Waals surface area (Å²) in [4.78, 5) is 26.6. The molecule has 0 aliphatic carbocycles. The van der Waals surface area contributed by atoms with Crippen LogP contribution in [0.15, 0.2) is 30.5 Å². The normalized spacial score (nSPS) is 17.0. The van der Waals surface area contributed by atoms with Crippen molar-refractivity contribution in [2.75, 3.05) is 6.54 Å². The molecule has 4 rings (SSSR count). The van der Waals surface area contributed by atoms with Crippen LogP contribution >= 0.6 is 0 Å². The molecule has 0 unspecified atom stereocenters. The zero-order valence-corrected chi connectivity index (χ0v) is 15.1. The molecule has 3 aromatic rings. The van der Waals surface area contributed by atoms with Gasteiger partial charge < -0.3 is 9.88 Å². The van der Waals surface area contributed by atoms with E-state index in [1.165, 1.54) is 6.07 Å². The van der Waals surface area contributed by atoms with Gasteiger partial charge in [0.15, 0.2) is 11.6 Å². The second kappa shape index (κ2) is 6.20. The topological polar surface area (TPSA) is 61.9 Å². The first-order chi connectivity index (χ1) is 12.5. The molecule has 5 nitrogen and oxygen atoms in total. The maximum Gasteiger partial charge on any atom is 0.290 e. The second-order valence-corrected chi connectivity index (χ2v) is 7.06. The molecule has 0 fully saturated rings. The van der Waals surface area contributed by atoms with Crippen molar-refractivity contribution in [3.8, 4) is 0 Å². The molecule has 1 aromatic carbocycles. The average molecular weight is 352 g/mol. The summed E-state index contributed by atoms with van der Waals surface area (Å²) in [6.45, 7) is 6.62. The Morgan fingerprint density at radius 1 is 1.35 bits per heavy atom. The summed E-state index contributed by atoms with van der Waals surface area (Å²) in [6, 6.07) is 6.96. The Kier molecular flexibility index (Phi) is 3.98. The van der Waals surface area contributed by atoms with E-state index in [9.17, 15) is 9.18 Å². The highest BCUT2D eigenvalue weighted by atomic mass is 19.1. The van der Waals surface area contributed by atoms with Gasteiger partial charge in [0.05, 0.1) is 11.6 Å². The summed E-state index contributed by atoms with van der Waals surface area (Å²) < 4.78 is 14.2. The van der Waals surface area contributed by atoms with E-state index in [1.807, 2.05) is 32.9 Å². The van der Waals surface area contributed by atoms with Crippen LogP contribution in [0.3, 0.4) is 0 Å². The van der Waals surface area contributed by atoms with Gasteiger partial charge in [0.1, 0.15) is 5.52 Å². The van der Waals surface area contributed by atoms with Crippen molar-refractivity contribution in [1.29, 1.82) is 0 Å². The molecule has 0 radical (unpaired) electrons. The monoisotopic (exact) mass is 352 g/mol. The highest BCUT2D eigenvalue weighted by Gasteiger charge is 2.30. The van der Waals surface area contributed by atoms with Crippen LogP contribution in [0.4, 0.5) is 4.39 Å². The Morgan fingerprint density at radius 3 is 2.92 bits per heavy atom. The molecule has 1 amide bonds. The number of nitrogens with zero attached hydrogens (tertiary/aromatic N) is 3. The fourth-order valence-corrected chi connectivity index (χ4v) is 3.70. The second-order valence-electron chi connectivity index (χ2n) is 7.06. The molecule has 0 spiro atoms. The van der Waals surface area contributed by atoms with E-state index in [1.54, 1.807) is 17.2 Å². The zero-order valence-electron chi connectivity index (χ0n) is 15.1. The molecule has 1 N–H and O–H groups in total. The van der Waals surface area contributed by atoms with Crippen molar-refractivity contribution < 1.29 is 9.18 Å². The summed E-state index contributed by atoms with van der Waals surface area (Å²) in [6.07, 6.45) is 2.48. The van der Waals surface area contributed by atoms with Gasteiger partial charge >= 0.3 is 0 Å². The van der Waals surface area contributed by atoms with Gasteiger partial charge in [-0.25, -0.2) is 9.37 Å². The molecular weight excluding hydrogens is 331 g/mol. The lowest BCUT2D eigenvalue weighted by molar-refractivity contribution is 0.0665. The molecule has 3 heterocycles. The first-order valence-corrected chi connectivity index (χ1v) is 8.90. The molecular formula is C20H21FN4O. The third kappa shape index (κ3) is 2.57. The number of hydrogen-bond donors (Lipinski definition) is 1. The summed E-state index contributed by atoms with van der Waals surface area (Å²) >= 11 is 0. The highest BCUT2D eigenvalue weighted by Crippen LogP contribution is 2.30. The Labute approximate surface area is 151 Å². The van der Waals surface area contributed by atoms with E-state index < -0.39 is 5.82 Å². The fraction of sp³-hybridized carbons (Fsp3) is 0.350. The quantitative estimate of drug-likeness (QED) is 0.759. The molecule has 0 saturated heterocycles. The number of fused-ring (bicyclic) bond motifs is 2. The van der Waals surface area contributed by atoms with Crippen LogP contribution in [0.5, 0.6) is 0 Å². The molecule has 2 aromatic heterocycles. The molecule has 0 saturated carbocycles. The number of amides is 1. The summed E-state index contributed by atoms with van der Waals surface area (Å²) in [7, 11) is 0. The molecule has 6 heteroatoms. The number of carbonyl (C=O) groups is 1. The van der Waals surface area contributed by atoms with Gasteiger partial charge in [-0.2, -0.15) is 0 Å². The van der Waals surface area contributed by atoms with Gasteiger partial charge in [0, 0.05) is 24.9 Å². The minimum Gasteiger partial charge on any atom is -0.333 e. The molecule has 1 aliphatic heterocycles. The molecule has 26 heavy (non-hydrogen) atoms. The van der Waals surface area contributed by atoms with Crippen LogP contribution in [0.1, 0.15) is 60.2 Å². The van der Waals surface area contributed by atoms with Crippen LogP contribution in [0, 0.1) is 5.82 Å². The number of pyridine rings is 1. The van der Waals surface area contributed by atoms with Gasteiger partial charge in [0.2, 0.25) is 0 Å². The van der Waals surface area contributed by atoms with E-state index >= 15 is 0 Å². The lowest BCUT2D eigenvalue weighted by Gasteiger charge is -2.34. The van der Waals surface area contributed by atoms with E-state index in [0.717, 1.165) is 16.8 Å². The first kappa shape index (κ1) is 16.7. The minimum atomic E-state index is -0.416. The SMILES string of the molecule is CC(C)c1ccc(F)c2nc(C(=O)N3CCc4ncccc4[C@H]3C)[nH]c12. The number of aromatic nitrogens is 3. The number of H-pyrrole nitrogens is 1. The van der Waals surface area contributed by atoms with E-state index in [0.29, 0.717) is 18.5 Å². The van der Waals surface area contributed by atoms with E-state index in [2.05, 4.69) is 15.0 Å². The third-order valence-corrected chi connectivity index (χ3v) is 5.15. The van der Waals surface area contributed by atoms with Gasteiger partial charge in [-0.05, 0) is 36.1 Å². The number of carbonyl (C=O) groups excluding carboxylic acids is 1. The molecule has 1 aliphatic rings. The molecule has 1 atom stereocenters. The Hall–Kier alpha value is -2.76. The largest absolute Gasteiger partial charge is 0.333 e. The van der Waals surface area contributed by atoms with E-state index in [4.69, 9.17) is 0 Å². The van der Waals surface area contributed by atoms with Crippen molar-refractivity contribution in [1.82, 2.24) is 19.9 Å². The molecule has 0 bridgehead atoms. The van der Waals surface area contributed by atoms with Crippen molar-refractivity contribution in [3.63, 3.8) is 0 Å². The Balaban J connectivity index is 1.73. The average Bonchev–Trinajstić information content (AvgIpc) is 3.08. The third-order valence-electron chi connectivity index (χ3n) is 5.15. The summed E-state index contributed by atoms with van der Waals surface area (Å²) in [5, 5.41) is 0. The summed E-state index contributed by atoms with van der Waals surface area (Å²) in [5.74, 6) is -0.238. The standard InChI is InChI=1S/C20H21FN4O/c1-11(2)13-6-7-15(21)18-17(13)23-19(24-18)20(26)25-10-8-16-14(12(25)3)5-4-9-22-16/h4-7,9,11-12H,8,10H2,1-3H3,(H,23,24)/t12-/m1/s1. The fourth-order valence-electron chi connectivity index (χ4n) is 3.70. The maximum atomic E-state index is 14.2. The number of rotatable bonds is 2. The maximum absolute atomic E-state index is 14.2. The van der Waals surface area contributed by atoms with Gasteiger partial charge in [-0.15, -0.1) is 0 Å². The number of imidazole rings is 1. The van der Waals surface area contributed by atoms with Crippen LogP contribution in [-0.4, -0.2) is 32.3 Å². The minimum absolute atomic E-state index is 0.0948. The number of aromatic amines is 1. The Bertz CT molecular complexity index is 995. The zero-order chi connectivity index (χ0) is 18.4. The van der Waals surface area contributed by atoms with Crippen molar-refractivity contribution >= 4 is 16.9 Å². The highest BCUT2D eigenvalue weighted by molar-refractivity contribution is 5.95. The predicted molar refractivity (Wildman–Crippen MR) is 97.5 cm³/mol. The number of hydrogen-bond acceptors (Lipinski definition) is 3. The van der Waals surface area contributed by atoms with Crippen molar-refractivity contribution in [3.05, 3.63) is 58.9 Å². The van der Waals surface area contributed by atoms with Gasteiger partial charge in [-0.1, -0.05) is 26.0 Å². The lowest BCUT2D eigenvalue weighted by Crippen LogP contribution is -2.39. The van der Waals surface area contributed by atoms with Crippen LogP contribution in [0.2, 0.25) is 0 Å². The van der Waals surface area contributed by atoms with Crippen molar-refractivity contribution in [2.24, 2.45) is 0 Å². The Morgan fingerprint density at radius 2 is 2.15 bits per heavy atom. The number of benzene rings is 1. The first-order valence-electron chi connectivity index (χ1n) is 8.90. The van der Waals surface area contributed by atoms with Crippen LogP contribution < -0.4 is 0 Å². The smallest absolute Gasteiger partial charge is 0.290 e. The number of halogens is 1. The predicted octanol–water partition coefficient (Wildman–Crippen LogP) is 3.98. The van der Waals surface area contributed by atoms with Crippen LogP contribution in [-0.2, 0) is 6.42 Å². The number of nitrogens with one attached hydrogen (secondary N) is 1. The van der Waals surface area contributed by atoms with Gasteiger partial charge in [0.25, 0.3) is 5.91 Å². The molecule has 134 valence electrons. The lowest BCUT2D eigenvalue weighted by atomic mass is 9.98. The van der Waals surface area contributed by atoms with E-state index in [-0.39, 0.29) is 29.2 Å². The van der Waals surface area contributed by atoms with Crippen LogP contribution in [0.25, 0.3) is 11.0 Å².